The summed E-state index contributed by atoms with van der Waals surface area (Å²) in [5.41, 5.74) is -0.103. The Hall–Kier alpha value is -0.840. The first-order chi connectivity index (χ1) is 5.96. The van der Waals surface area contributed by atoms with Crippen LogP contribution in [0.3, 0.4) is 0 Å². The van der Waals surface area contributed by atoms with Crippen molar-refractivity contribution in [1.82, 2.24) is 14.8 Å². The number of hydrogen-bond donors (Lipinski definition) is 1. The van der Waals surface area contributed by atoms with E-state index in [1.54, 1.807) is 0 Å². The molecule has 0 spiro atoms. The van der Waals surface area contributed by atoms with Crippen LogP contribution in [0.15, 0.2) is 0 Å². The molecular weight excluding hydrogens is 186 g/mol. The molecule has 0 saturated heterocycles. The Labute approximate surface area is 82.9 Å². The first kappa shape index (κ1) is 10.2. The van der Waals surface area contributed by atoms with Gasteiger partial charge in [0, 0.05) is 5.54 Å². The van der Waals surface area contributed by atoms with Crippen LogP contribution in [0.25, 0.3) is 0 Å². The van der Waals surface area contributed by atoms with Crippen LogP contribution in [0.2, 0.25) is 0 Å². The minimum atomic E-state index is -0.103. The van der Waals surface area contributed by atoms with Crippen molar-refractivity contribution >= 4 is 12.2 Å². The van der Waals surface area contributed by atoms with Crippen LogP contribution < -0.4 is 4.74 Å². The van der Waals surface area contributed by atoms with E-state index in [4.69, 9.17) is 17.0 Å². The Morgan fingerprint density at radius 2 is 2.15 bits per heavy atom. The van der Waals surface area contributed by atoms with Crippen LogP contribution in [-0.2, 0) is 5.54 Å². The van der Waals surface area contributed by atoms with Gasteiger partial charge in [-0.05, 0) is 39.9 Å². The second kappa shape index (κ2) is 3.49. The summed E-state index contributed by atoms with van der Waals surface area (Å²) in [6, 6.07) is 0.556. The minimum Gasteiger partial charge on any atom is -0.464 e. The zero-order valence-electron chi connectivity index (χ0n) is 8.42. The zero-order chi connectivity index (χ0) is 10.1. The lowest BCUT2D eigenvalue weighted by atomic mass is 10.1. The van der Waals surface area contributed by atoms with E-state index in [1.807, 2.05) is 11.5 Å². The Kier molecular flexibility index (Phi) is 2.75. The molecule has 0 amide bonds. The van der Waals surface area contributed by atoms with Gasteiger partial charge < -0.3 is 4.74 Å². The van der Waals surface area contributed by atoms with E-state index in [0.29, 0.717) is 17.4 Å². The molecule has 0 aliphatic carbocycles. The van der Waals surface area contributed by atoms with Crippen LogP contribution in [-0.4, -0.2) is 21.4 Å². The van der Waals surface area contributed by atoms with Gasteiger partial charge in [-0.1, -0.05) is 0 Å². The monoisotopic (exact) mass is 201 g/mol. The van der Waals surface area contributed by atoms with Gasteiger partial charge in [-0.3, -0.25) is 4.57 Å². The van der Waals surface area contributed by atoms with E-state index in [0.717, 1.165) is 0 Å². The number of aromatic nitrogens is 3. The lowest BCUT2D eigenvalue weighted by Gasteiger charge is -2.21. The van der Waals surface area contributed by atoms with E-state index in [2.05, 4.69) is 31.0 Å². The molecule has 0 unspecified atom stereocenters. The summed E-state index contributed by atoms with van der Waals surface area (Å²) >= 11 is 5.10. The molecule has 0 aliphatic heterocycles. The van der Waals surface area contributed by atoms with Crippen LogP contribution in [0.4, 0.5) is 0 Å². The maximum absolute atomic E-state index is 5.34. The number of H-pyrrole nitrogens is 1. The molecule has 1 rings (SSSR count). The van der Waals surface area contributed by atoms with Crippen molar-refractivity contribution in [2.45, 2.75) is 33.2 Å². The molecule has 0 bridgehead atoms. The summed E-state index contributed by atoms with van der Waals surface area (Å²) in [7, 11) is 0. The molecule has 0 aromatic carbocycles. The number of hydrogen-bond acceptors (Lipinski definition) is 3. The number of ether oxygens (including phenoxy) is 1. The van der Waals surface area contributed by atoms with Gasteiger partial charge in [0.25, 0.3) is 0 Å². The SMILES string of the molecule is CCOc1n[nH]c(=S)n1C(C)(C)C. The third kappa shape index (κ3) is 2.09. The van der Waals surface area contributed by atoms with Gasteiger partial charge in [-0.15, -0.1) is 5.10 Å². The molecule has 13 heavy (non-hydrogen) atoms. The maximum Gasteiger partial charge on any atom is 0.316 e. The fourth-order valence-electron chi connectivity index (χ4n) is 1.10. The predicted octanol–water partition coefficient (Wildman–Crippen LogP) is 2.09. The van der Waals surface area contributed by atoms with Crippen LogP contribution in [0.1, 0.15) is 27.7 Å². The van der Waals surface area contributed by atoms with E-state index in [1.165, 1.54) is 0 Å². The largest absolute Gasteiger partial charge is 0.464 e. The maximum atomic E-state index is 5.34. The Bertz CT molecular complexity index is 334. The molecule has 1 N–H and O–H groups in total. The third-order valence-electron chi connectivity index (χ3n) is 1.59. The van der Waals surface area contributed by atoms with Crippen LogP contribution in [0, 0.1) is 4.77 Å². The van der Waals surface area contributed by atoms with Crippen molar-refractivity contribution in [2.75, 3.05) is 6.61 Å². The summed E-state index contributed by atoms with van der Waals surface area (Å²) in [6.45, 7) is 8.68. The average Bonchev–Trinajstić information content (AvgIpc) is 2.31. The van der Waals surface area contributed by atoms with Gasteiger partial charge >= 0.3 is 6.01 Å². The Morgan fingerprint density at radius 3 is 2.62 bits per heavy atom. The summed E-state index contributed by atoms with van der Waals surface area (Å²) < 4.78 is 7.80. The highest BCUT2D eigenvalue weighted by Gasteiger charge is 2.19. The summed E-state index contributed by atoms with van der Waals surface area (Å²) in [5, 5.41) is 6.71. The molecule has 1 heterocycles. The summed E-state index contributed by atoms with van der Waals surface area (Å²) in [5.74, 6) is 0. The predicted molar refractivity (Wildman–Crippen MR) is 53.6 cm³/mol. The van der Waals surface area contributed by atoms with Crippen LogP contribution in [0.5, 0.6) is 6.01 Å². The molecule has 74 valence electrons. The first-order valence-corrected chi connectivity index (χ1v) is 4.68. The molecular formula is C8H15N3OS. The highest BCUT2D eigenvalue weighted by molar-refractivity contribution is 7.71. The molecule has 1 aromatic heterocycles. The smallest absolute Gasteiger partial charge is 0.316 e. The number of rotatable bonds is 2. The molecule has 0 radical (unpaired) electrons. The summed E-state index contributed by atoms with van der Waals surface area (Å²) in [4.78, 5) is 0. The first-order valence-electron chi connectivity index (χ1n) is 4.27. The van der Waals surface area contributed by atoms with E-state index in [9.17, 15) is 0 Å². The highest BCUT2D eigenvalue weighted by atomic mass is 32.1. The second-order valence-electron chi connectivity index (χ2n) is 3.75. The molecule has 0 fully saturated rings. The average molecular weight is 201 g/mol. The van der Waals surface area contributed by atoms with Crippen molar-refractivity contribution in [3.8, 4) is 6.01 Å². The third-order valence-corrected chi connectivity index (χ3v) is 1.86. The van der Waals surface area contributed by atoms with Crippen molar-refractivity contribution in [3.63, 3.8) is 0 Å². The molecule has 4 nitrogen and oxygen atoms in total. The number of aromatic amines is 1. The van der Waals surface area contributed by atoms with Crippen molar-refractivity contribution in [3.05, 3.63) is 4.77 Å². The lowest BCUT2D eigenvalue weighted by molar-refractivity contribution is 0.259. The quantitative estimate of drug-likeness (QED) is 0.745. The van der Waals surface area contributed by atoms with E-state index >= 15 is 0 Å². The fraction of sp³-hybridized carbons (Fsp3) is 0.750. The standard InChI is InChI=1S/C8H15N3OS/c1-5-12-6-9-10-7(13)11(6)8(2,3)4/h5H2,1-4H3,(H,10,13). The fourth-order valence-corrected chi connectivity index (χ4v) is 1.50. The van der Waals surface area contributed by atoms with Gasteiger partial charge in [-0.2, -0.15) is 0 Å². The molecule has 0 aliphatic rings. The van der Waals surface area contributed by atoms with Gasteiger partial charge in [0.15, 0.2) is 4.77 Å². The summed E-state index contributed by atoms with van der Waals surface area (Å²) in [6.07, 6.45) is 0. The number of nitrogens with zero attached hydrogens (tertiary/aromatic N) is 2. The molecule has 1 aromatic rings. The normalized spacial score (nSPS) is 11.7. The van der Waals surface area contributed by atoms with Crippen molar-refractivity contribution in [1.29, 1.82) is 0 Å². The Balaban J connectivity index is 3.17. The lowest BCUT2D eigenvalue weighted by Crippen LogP contribution is -2.23. The highest BCUT2D eigenvalue weighted by Crippen LogP contribution is 2.20. The van der Waals surface area contributed by atoms with E-state index in [-0.39, 0.29) is 5.54 Å². The minimum absolute atomic E-state index is 0.103. The second-order valence-corrected chi connectivity index (χ2v) is 4.14. The molecule has 0 saturated carbocycles. The molecule has 5 heteroatoms. The number of nitrogens with one attached hydrogen (secondary N) is 1. The topological polar surface area (TPSA) is 42.8 Å². The Morgan fingerprint density at radius 1 is 1.54 bits per heavy atom. The molecule has 0 atom stereocenters. The van der Waals surface area contributed by atoms with Crippen molar-refractivity contribution in [2.24, 2.45) is 0 Å². The van der Waals surface area contributed by atoms with Gasteiger partial charge in [-0.25, -0.2) is 5.10 Å². The van der Waals surface area contributed by atoms with E-state index < -0.39 is 0 Å². The van der Waals surface area contributed by atoms with Gasteiger partial charge in [0.2, 0.25) is 0 Å². The van der Waals surface area contributed by atoms with Gasteiger partial charge in [0.1, 0.15) is 0 Å². The van der Waals surface area contributed by atoms with Crippen molar-refractivity contribution < 1.29 is 4.74 Å². The van der Waals surface area contributed by atoms with Gasteiger partial charge in [0.05, 0.1) is 6.61 Å². The zero-order valence-corrected chi connectivity index (χ0v) is 9.23. The van der Waals surface area contributed by atoms with Crippen LogP contribution >= 0.6 is 12.2 Å².